The fourth-order valence-electron chi connectivity index (χ4n) is 1.22. The maximum atomic E-state index is 11.6. The zero-order chi connectivity index (χ0) is 10.2. The van der Waals surface area contributed by atoms with Crippen LogP contribution in [0, 0.1) is 0 Å². The van der Waals surface area contributed by atoms with Gasteiger partial charge in [0.15, 0.2) is 5.78 Å². The van der Waals surface area contributed by atoms with Gasteiger partial charge in [0.2, 0.25) is 0 Å². The maximum absolute atomic E-state index is 11.6. The van der Waals surface area contributed by atoms with Crippen LogP contribution in [0.25, 0.3) is 0 Å². The molecule has 0 bridgehead atoms. The Morgan fingerprint density at radius 2 is 1.93 bits per heavy atom. The third-order valence-corrected chi connectivity index (χ3v) is 2.02. The van der Waals surface area contributed by atoms with Crippen molar-refractivity contribution in [2.45, 2.75) is 26.2 Å². The van der Waals surface area contributed by atoms with Crippen LogP contribution in [-0.2, 0) is 0 Å². The molecule has 0 aliphatic carbocycles. The lowest BCUT2D eigenvalue weighted by atomic mass is 10.1. The van der Waals surface area contributed by atoms with Gasteiger partial charge in [0, 0.05) is 12.0 Å². The largest absolute Gasteiger partial charge is 0.294 e. The van der Waals surface area contributed by atoms with E-state index in [4.69, 9.17) is 0 Å². The molecule has 1 rings (SSSR count). The van der Waals surface area contributed by atoms with E-state index in [1.807, 2.05) is 36.4 Å². The molecule has 0 aliphatic rings. The van der Waals surface area contributed by atoms with Crippen LogP contribution in [0.5, 0.6) is 0 Å². The summed E-state index contributed by atoms with van der Waals surface area (Å²) in [4.78, 5) is 11.6. The van der Waals surface area contributed by atoms with Gasteiger partial charge in [-0.2, -0.15) is 0 Å². The Kier molecular flexibility index (Phi) is 4.70. The third kappa shape index (κ3) is 3.56. The Morgan fingerprint density at radius 3 is 2.57 bits per heavy atom. The summed E-state index contributed by atoms with van der Waals surface area (Å²) in [5.41, 5.74) is 0.800. The second kappa shape index (κ2) is 6.14. The molecular weight excluding hydrogens is 172 g/mol. The Morgan fingerprint density at radius 1 is 1.21 bits per heavy atom. The molecule has 1 nitrogen and oxygen atoms in total. The van der Waals surface area contributed by atoms with Crippen LogP contribution in [-0.4, -0.2) is 5.78 Å². The number of carbonyl (C=O) groups is 1. The lowest BCUT2D eigenvalue weighted by molar-refractivity contribution is 0.0996. The second-order valence-electron chi connectivity index (χ2n) is 3.25. The van der Waals surface area contributed by atoms with Crippen molar-refractivity contribution in [2.75, 3.05) is 0 Å². The van der Waals surface area contributed by atoms with Gasteiger partial charge in [-0.25, -0.2) is 0 Å². The highest BCUT2D eigenvalue weighted by molar-refractivity contribution is 5.96. The Hall–Kier alpha value is -1.37. The average Bonchev–Trinajstić information content (AvgIpc) is 2.25. The summed E-state index contributed by atoms with van der Waals surface area (Å²) in [5, 5.41) is 0. The van der Waals surface area contributed by atoms with Gasteiger partial charge >= 0.3 is 0 Å². The number of benzene rings is 1. The van der Waals surface area contributed by atoms with Gasteiger partial charge in [-0.05, 0) is 6.42 Å². The van der Waals surface area contributed by atoms with Gasteiger partial charge < -0.3 is 0 Å². The summed E-state index contributed by atoms with van der Waals surface area (Å²) in [6.07, 6.45) is 6.74. The van der Waals surface area contributed by atoms with Crippen LogP contribution in [0.15, 0.2) is 42.5 Å². The van der Waals surface area contributed by atoms with Gasteiger partial charge in [-0.3, -0.25) is 4.79 Å². The quantitative estimate of drug-likeness (QED) is 0.509. The zero-order valence-corrected chi connectivity index (χ0v) is 8.57. The van der Waals surface area contributed by atoms with Crippen molar-refractivity contribution in [1.82, 2.24) is 0 Å². The minimum atomic E-state index is 0.193. The summed E-state index contributed by atoms with van der Waals surface area (Å²) >= 11 is 0. The van der Waals surface area contributed by atoms with E-state index in [2.05, 4.69) is 13.0 Å². The zero-order valence-electron chi connectivity index (χ0n) is 8.57. The molecule has 0 heterocycles. The summed E-state index contributed by atoms with van der Waals surface area (Å²) in [6.45, 7) is 2.13. The van der Waals surface area contributed by atoms with E-state index in [0.717, 1.165) is 18.4 Å². The van der Waals surface area contributed by atoms with Crippen LogP contribution < -0.4 is 0 Å². The molecule has 0 amide bonds. The number of hydrogen-bond acceptors (Lipinski definition) is 1. The van der Waals surface area contributed by atoms with E-state index < -0.39 is 0 Å². The lowest BCUT2D eigenvalue weighted by Crippen LogP contribution is -1.95. The Bertz CT molecular complexity index is 298. The molecule has 1 aromatic rings. The minimum Gasteiger partial charge on any atom is -0.294 e. The van der Waals surface area contributed by atoms with E-state index in [9.17, 15) is 4.79 Å². The first kappa shape index (κ1) is 10.7. The van der Waals surface area contributed by atoms with E-state index in [-0.39, 0.29) is 5.78 Å². The van der Waals surface area contributed by atoms with Crippen molar-refractivity contribution in [1.29, 1.82) is 0 Å². The number of Topliss-reactive ketones (excluding diaryl/α,β-unsaturated/α-hetero) is 1. The SMILES string of the molecule is CCC/C=C/CC(=O)c1ccccc1. The predicted octanol–water partition coefficient (Wildman–Crippen LogP) is 3.62. The highest BCUT2D eigenvalue weighted by Crippen LogP contribution is 2.03. The first-order valence-corrected chi connectivity index (χ1v) is 5.08. The average molecular weight is 188 g/mol. The van der Waals surface area contributed by atoms with Crippen molar-refractivity contribution in [3.05, 3.63) is 48.0 Å². The Balaban J connectivity index is 2.44. The van der Waals surface area contributed by atoms with Crippen LogP contribution in [0.2, 0.25) is 0 Å². The minimum absolute atomic E-state index is 0.193. The van der Waals surface area contributed by atoms with Gasteiger partial charge in [-0.15, -0.1) is 0 Å². The van der Waals surface area contributed by atoms with Gasteiger partial charge in [0.05, 0.1) is 0 Å². The standard InChI is InChI=1S/C13H16O/c1-2-3-4-8-11-13(14)12-9-6-5-7-10-12/h4-10H,2-3,11H2,1H3/b8-4+. The molecule has 0 saturated heterocycles. The van der Waals surface area contributed by atoms with Crippen LogP contribution in [0.1, 0.15) is 36.5 Å². The fraction of sp³-hybridized carbons (Fsp3) is 0.308. The van der Waals surface area contributed by atoms with E-state index >= 15 is 0 Å². The van der Waals surface area contributed by atoms with Crippen molar-refractivity contribution in [3.63, 3.8) is 0 Å². The van der Waals surface area contributed by atoms with Crippen molar-refractivity contribution < 1.29 is 4.79 Å². The smallest absolute Gasteiger partial charge is 0.166 e. The van der Waals surface area contributed by atoms with E-state index in [1.165, 1.54) is 0 Å². The highest BCUT2D eigenvalue weighted by atomic mass is 16.1. The molecule has 0 spiro atoms. The normalized spacial score (nSPS) is 10.6. The molecule has 0 aliphatic heterocycles. The molecule has 1 aromatic carbocycles. The van der Waals surface area contributed by atoms with Crippen molar-refractivity contribution in [3.8, 4) is 0 Å². The molecule has 14 heavy (non-hydrogen) atoms. The Labute approximate surface area is 85.5 Å². The monoisotopic (exact) mass is 188 g/mol. The molecule has 1 heteroatoms. The van der Waals surface area contributed by atoms with Crippen LogP contribution in [0.4, 0.5) is 0 Å². The summed E-state index contributed by atoms with van der Waals surface area (Å²) in [5.74, 6) is 0.193. The summed E-state index contributed by atoms with van der Waals surface area (Å²) in [7, 11) is 0. The van der Waals surface area contributed by atoms with Gasteiger partial charge in [0.1, 0.15) is 0 Å². The maximum Gasteiger partial charge on any atom is 0.166 e. The molecule has 0 fully saturated rings. The number of carbonyl (C=O) groups excluding carboxylic acids is 1. The first-order valence-electron chi connectivity index (χ1n) is 5.08. The van der Waals surface area contributed by atoms with Gasteiger partial charge in [0.25, 0.3) is 0 Å². The molecule has 0 atom stereocenters. The van der Waals surface area contributed by atoms with E-state index in [1.54, 1.807) is 0 Å². The molecule has 0 aromatic heterocycles. The predicted molar refractivity (Wildman–Crippen MR) is 59.4 cm³/mol. The summed E-state index contributed by atoms with van der Waals surface area (Å²) < 4.78 is 0. The molecule has 0 saturated carbocycles. The number of hydrogen-bond donors (Lipinski definition) is 0. The fourth-order valence-corrected chi connectivity index (χ4v) is 1.22. The highest BCUT2D eigenvalue weighted by Gasteiger charge is 2.00. The van der Waals surface area contributed by atoms with Crippen molar-refractivity contribution >= 4 is 5.78 Å². The van der Waals surface area contributed by atoms with Crippen LogP contribution in [0.3, 0.4) is 0 Å². The first-order chi connectivity index (χ1) is 6.84. The van der Waals surface area contributed by atoms with Crippen molar-refractivity contribution in [2.24, 2.45) is 0 Å². The number of allylic oxidation sites excluding steroid dienone is 2. The lowest BCUT2D eigenvalue weighted by Gasteiger charge is -1.95. The molecular formula is C13H16O. The molecule has 0 N–H and O–H groups in total. The summed E-state index contributed by atoms with van der Waals surface area (Å²) in [6, 6.07) is 9.42. The number of unbranched alkanes of at least 4 members (excludes halogenated alkanes) is 1. The number of rotatable bonds is 5. The molecule has 0 radical (unpaired) electrons. The third-order valence-electron chi connectivity index (χ3n) is 2.02. The molecule has 74 valence electrons. The number of ketones is 1. The molecule has 0 unspecified atom stereocenters. The van der Waals surface area contributed by atoms with Gasteiger partial charge in [-0.1, -0.05) is 55.8 Å². The van der Waals surface area contributed by atoms with E-state index in [0.29, 0.717) is 6.42 Å². The topological polar surface area (TPSA) is 17.1 Å². The second-order valence-corrected chi connectivity index (χ2v) is 3.25. The van der Waals surface area contributed by atoms with Crippen LogP contribution >= 0.6 is 0 Å².